The summed E-state index contributed by atoms with van der Waals surface area (Å²) in [5, 5.41) is 11.0. The van der Waals surface area contributed by atoms with Gasteiger partial charge in [0.2, 0.25) is 17.7 Å². The van der Waals surface area contributed by atoms with E-state index in [0.717, 1.165) is 0 Å². The van der Waals surface area contributed by atoms with Crippen LogP contribution in [0.2, 0.25) is 10.0 Å². The van der Waals surface area contributed by atoms with Gasteiger partial charge in [0.05, 0.1) is 29.5 Å². The van der Waals surface area contributed by atoms with E-state index in [-0.39, 0.29) is 35.3 Å². The Kier molecular flexibility index (Phi) is 13.5. The number of carbonyl (C=O) groups is 6. The predicted octanol–water partition coefficient (Wildman–Crippen LogP) is 2.99. The first-order chi connectivity index (χ1) is 22.2. The Morgan fingerprint density at radius 3 is 2.32 bits per heavy atom. The quantitative estimate of drug-likeness (QED) is 0.229. The van der Waals surface area contributed by atoms with E-state index < -0.39 is 65.9 Å². The van der Waals surface area contributed by atoms with Crippen LogP contribution in [0.1, 0.15) is 57.9 Å². The number of hydrogen-bond donors (Lipinski definition) is 4. The van der Waals surface area contributed by atoms with E-state index in [4.69, 9.17) is 27.9 Å². The lowest BCUT2D eigenvalue weighted by atomic mass is 9.98. The minimum Gasteiger partial charge on any atom is -0.444 e. The Balaban J connectivity index is 1.81. The van der Waals surface area contributed by atoms with E-state index in [1.54, 1.807) is 40.7 Å². The van der Waals surface area contributed by atoms with E-state index in [0.29, 0.717) is 17.7 Å². The molecule has 2 aromatic rings. The molecule has 5 atom stereocenters. The molecule has 1 fully saturated rings. The number of benzene rings is 1. The summed E-state index contributed by atoms with van der Waals surface area (Å²) in [4.78, 5) is 87.0. The van der Waals surface area contributed by atoms with Crippen LogP contribution < -0.4 is 21.3 Å². The van der Waals surface area contributed by atoms with Gasteiger partial charge in [-0.3, -0.25) is 29.5 Å². The third-order valence-corrected chi connectivity index (χ3v) is 8.05. The summed E-state index contributed by atoms with van der Waals surface area (Å²) in [5.41, 5.74) is 0.219. The molecule has 1 aromatic heterocycles. The highest BCUT2D eigenvalue weighted by atomic mass is 35.5. The van der Waals surface area contributed by atoms with E-state index in [2.05, 4.69) is 31.2 Å². The number of carbonyl (C=O) groups excluding carboxylic acids is 6. The molecule has 0 spiro atoms. The van der Waals surface area contributed by atoms with E-state index >= 15 is 0 Å². The summed E-state index contributed by atoms with van der Waals surface area (Å²) in [5.74, 6) is -3.30. The van der Waals surface area contributed by atoms with Crippen molar-refractivity contribution in [3.05, 3.63) is 52.5 Å². The number of likely N-dealkylation sites (tertiary alicyclic amines) is 1. The van der Waals surface area contributed by atoms with Gasteiger partial charge in [-0.25, -0.2) is 9.78 Å². The first-order valence-corrected chi connectivity index (χ1v) is 15.9. The average molecular weight is 693 g/mol. The zero-order valence-corrected chi connectivity index (χ0v) is 28.2. The Bertz CT molecular complexity index is 1460. The highest BCUT2D eigenvalue weighted by molar-refractivity contribution is 6.35. The zero-order valence-electron chi connectivity index (χ0n) is 26.7. The molecular formula is C31H39Cl2N7O7. The first kappa shape index (κ1) is 37.2. The number of anilines is 1. The third-order valence-electron chi connectivity index (χ3n) is 7.48. The van der Waals surface area contributed by atoms with E-state index in [1.807, 2.05) is 0 Å². The van der Waals surface area contributed by atoms with Crippen molar-refractivity contribution in [1.29, 1.82) is 0 Å². The predicted molar refractivity (Wildman–Crippen MR) is 174 cm³/mol. The largest absolute Gasteiger partial charge is 0.444 e. The number of halogens is 2. The SMILES string of the molecule is CC[C@@H](C=O)NC(=O)[C@@H]1C[C@@H](OC(=O)Nc2cc(Cl)ccc2Cl)CN1C(=O)[C@H](NC(=O)[C@H](NC(=O)c1cnccn1)C(C)C)C(C)C. The van der Waals surface area contributed by atoms with Gasteiger partial charge >= 0.3 is 6.09 Å². The molecule has 47 heavy (non-hydrogen) atoms. The number of nitrogens with one attached hydrogen (secondary N) is 4. The van der Waals surface area contributed by atoms with Crippen LogP contribution in [0.5, 0.6) is 0 Å². The molecule has 0 radical (unpaired) electrons. The number of aromatic nitrogens is 2. The second-order valence-electron chi connectivity index (χ2n) is 11.7. The summed E-state index contributed by atoms with van der Waals surface area (Å²) in [6, 6.07) is 0.402. The number of rotatable bonds is 13. The van der Waals surface area contributed by atoms with Crippen LogP contribution in [0.15, 0.2) is 36.8 Å². The van der Waals surface area contributed by atoms with Crippen molar-refractivity contribution in [2.45, 2.75) is 77.7 Å². The average Bonchev–Trinajstić information content (AvgIpc) is 3.46. The highest BCUT2D eigenvalue weighted by Crippen LogP contribution is 2.27. The van der Waals surface area contributed by atoms with Crippen molar-refractivity contribution in [3.8, 4) is 0 Å². The molecule has 0 saturated carbocycles. The molecule has 0 bridgehead atoms. The molecule has 1 saturated heterocycles. The maximum atomic E-state index is 14.1. The molecule has 14 nitrogen and oxygen atoms in total. The summed E-state index contributed by atoms with van der Waals surface area (Å²) < 4.78 is 5.56. The van der Waals surface area contributed by atoms with Crippen molar-refractivity contribution in [3.63, 3.8) is 0 Å². The van der Waals surface area contributed by atoms with Crippen molar-refractivity contribution >= 4 is 64.9 Å². The number of ether oxygens (including phenoxy) is 1. The van der Waals surface area contributed by atoms with E-state index in [9.17, 15) is 28.8 Å². The Hall–Kier alpha value is -4.30. The lowest BCUT2D eigenvalue weighted by Crippen LogP contribution is -2.59. The standard InChI is InChI=1S/C31H39Cl2N7O7/c1-6-19(15-41)36-28(43)24-12-20(47-31(46)37-22-11-18(32)7-8-21(22)33)14-40(24)30(45)26(17(4)5)39-29(44)25(16(2)3)38-27(42)23-13-34-9-10-35-23/h7-11,13,15-17,19-20,24-26H,6,12,14H2,1-5H3,(H,36,43)(H,37,46)(H,38,42)(H,39,44)/t19-,20+,24-,25+,26+/m0/s1. The molecule has 2 heterocycles. The number of nitrogens with zero attached hydrogens (tertiary/aromatic N) is 3. The molecule has 1 aliphatic heterocycles. The fourth-order valence-electron chi connectivity index (χ4n) is 4.87. The van der Waals surface area contributed by atoms with Gasteiger partial charge in [0.15, 0.2) is 0 Å². The molecule has 16 heteroatoms. The van der Waals surface area contributed by atoms with Crippen LogP contribution in [-0.4, -0.2) is 87.7 Å². The second kappa shape index (κ2) is 17.0. The monoisotopic (exact) mass is 691 g/mol. The molecule has 4 N–H and O–H groups in total. The maximum absolute atomic E-state index is 14.1. The molecule has 254 valence electrons. The van der Waals surface area contributed by atoms with Gasteiger partial charge < -0.3 is 30.4 Å². The Morgan fingerprint density at radius 1 is 1.02 bits per heavy atom. The van der Waals surface area contributed by atoms with Gasteiger partial charge in [0.1, 0.15) is 36.2 Å². The lowest BCUT2D eigenvalue weighted by molar-refractivity contribution is -0.143. The fourth-order valence-corrected chi connectivity index (χ4v) is 5.21. The van der Waals surface area contributed by atoms with Crippen molar-refractivity contribution in [1.82, 2.24) is 30.8 Å². The molecular weight excluding hydrogens is 653 g/mol. The fraction of sp³-hybridized carbons (Fsp3) is 0.484. The summed E-state index contributed by atoms with van der Waals surface area (Å²) >= 11 is 12.1. The van der Waals surface area contributed by atoms with Crippen LogP contribution in [0.25, 0.3) is 0 Å². The van der Waals surface area contributed by atoms with Gasteiger partial charge in [-0.2, -0.15) is 0 Å². The van der Waals surface area contributed by atoms with Crippen molar-refractivity contribution in [2.75, 3.05) is 11.9 Å². The molecule has 0 aliphatic carbocycles. The van der Waals surface area contributed by atoms with Gasteiger partial charge in [0.25, 0.3) is 5.91 Å². The van der Waals surface area contributed by atoms with Crippen LogP contribution >= 0.6 is 23.2 Å². The molecule has 0 unspecified atom stereocenters. The summed E-state index contributed by atoms with van der Waals surface area (Å²) in [7, 11) is 0. The van der Waals surface area contributed by atoms with E-state index in [1.165, 1.54) is 35.6 Å². The number of aldehydes is 1. The van der Waals surface area contributed by atoms with Crippen LogP contribution in [0.3, 0.4) is 0 Å². The van der Waals surface area contributed by atoms with Gasteiger partial charge in [0, 0.05) is 23.8 Å². The molecule has 3 rings (SSSR count). The van der Waals surface area contributed by atoms with Crippen LogP contribution in [0, 0.1) is 11.8 Å². The zero-order chi connectivity index (χ0) is 34.8. The maximum Gasteiger partial charge on any atom is 0.412 e. The lowest BCUT2D eigenvalue weighted by Gasteiger charge is -2.32. The van der Waals surface area contributed by atoms with Crippen LogP contribution in [-0.2, 0) is 23.9 Å². The Labute approximate surface area is 282 Å². The summed E-state index contributed by atoms with van der Waals surface area (Å²) in [6.45, 7) is 8.43. The second-order valence-corrected chi connectivity index (χ2v) is 12.5. The highest BCUT2D eigenvalue weighted by Gasteiger charge is 2.45. The minimum atomic E-state index is -1.13. The van der Waals surface area contributed by atoms with Crippen molar-refractivity contribution in [2.24, 2.45) is 11.8 Å². The smallest absolute Gasteiger partial charge is 0.412 e. The first-order valence-electron chi connectivity index (χ1n) is 15.1. The van der Waals surface area contributed by atoms with Gasteiger partial charge in [-0.05, 0) is 36.5 Å². The molecule has 1 aromatic carbocycles. The number of amides is 5. The van der Waals surface area contributed by atoms with Gasteiger partial charge in [-0.15, -0.1) is 0 Å². The third kappa shape index (κ3) is 10.1. The van der Waals surface area contributed by atoms with Gasteiger partial charge in [-0.1, -0.05) is 57.8 Å². The van der Waals surface area contributed by atoms with Crippen LogP contribution in [0.4, 0.5) is 10.5 Å². The molecule has 1 aliphatic rings. The Morgan fingerprint density at radius 2 is 1.72 bits per heavy atom. The normalized spacial score (nSPS) is 17.8. The molecule has 5 amide bonds. The topological polar surface area (TPSA) is 189 Å². The summed E-state index contributed by atoms with van der Waals surface area (Å²) in [6.07, 6.45) is 3.03. The minimum absolute atomic E-state index is 0.0155. The van der Waals surface area contributed by atoms with Crippen molar-refractivity contribution < 1.29 is 33.5 Å². The number of hydrogen-bond acceptors (Lipinski definition) is 9.